The summed E-state index contributed by atoms with van der Waals surface area (Å²) in [5.74, 6) is 1.32. The molecule has 0 saturated carbocycles. The molecule has 4 heteroatoms. The van der Waals surface area contributed by atoms with Gasteiger partial charge < -0.3 is 15.4 Å². The Morgan fingerprint density at radius 2 is 2.16 bits per heavy atom. The number of benzene rings is 1. The number of amides is 1. The smallest absolute Gasteiger partial charge is 0.265 e. The summed E-state index contributed by atoms with van der Waals surface area (Å²) >= 11 is 0. The number of nitrogens with zero attached hydrogens (tertiary/aromatic N) is 1. The van der Waals surface area contributed by atoms with Crippen LogP contribution in [0.25, 0.3) is 0 Å². The SMILES string of the molecule is CCN1C(=O)COc2ccc(C(N)CC(C)C)cc21. The van der Waals surface area contributed by atoms with Gasteiger partial charge in [0.2, 0.25) is 0 Å². The van der Waals surface area contributed by atoms with Crippen molar-refractivity contribution < 1.29 is 9.53 Å². The first-order valence-corrected chi connectivity index (χ1v) is 6.85. The van der Waals surface area contributed by atoms with E-state index in [4.69, 9.17) is 10.5 Å². The van der Waals surface area contributed by atoms with Gasteiger partial charge in [-0.25, -0.2) is 0 Å². The molecule has 1 atom stereocenters. The van der Waals surface area contributed by atoms with Gasteiger partial charge in [0.15, 0.2) is 6.61 Å². The van der Waals surface area contributed by atoms with Gasteiger partial charge in [0.1, 0.15) is 5.75 Å². The van der Waals surface area contributed by atoms with E-state index in [0.29, 0.717) is 12.5 Å². The molecule has 0 radical (unpaired) electrons. The van der Waals surface area contributed by atoms with E-state index in [0.717, 1.165) is 23.4 Å². The summed E-state index contributed by atoms with van der Waals surface area (Å²) in [6.07, 6.45) is 0.930. The number of carbonyl (C=O) groups excluding carboxylic acids is 1. The number of nitrogens with two attached hydrogens (primary N) is 1. The zero-order valence-electron chi connectivity index (χ0n) is 11.8. The predicted octanol–water partition coefficient (Wildman–Crippen LogP) is 2.48. The van der Waals surface area contributed by atoms with Gasteiger partial charge in [-0.15, -0.1) is 0 Å². The molecule has 1 aliphatic rings. The van der Waals surface area contributed by atoms with Crippen molar-refractivity contribution in [3.05, 3.63) is 23.8 Å². The molecule has 0 saturated heterocycles. The van der Waals surface area contributed by atoms with Crippen molar-refractivity contribution in [3.8, 4) is 5.75 Å². The summed E-state index contributed by atoms with van der Waals surface area (Å²) in [7, 11) is 0. The fourth-order valence-corrected chi connectivity index (χ4v) is 2.44. The maximum atomic E-state index is 11.8. The molecule has 0 spiro atoms. The van der Waals surface area contributed by atoms with Gasteiger partial charge in [-0.05, 0) is 37.0 Å². The van der Waals surface area contributed by atoms with E-state index >= 15 is 0 Å². The van der Waals surface area contributed by atoms with Gasteiger partial charge in [-0.3, -0.25) is 4.79 Å². The molecule has 2 rings (SSSR count). The molecular formula is C15H22N2O2. The van der Waals surface area contributed by atoms with Gasteiger partial charge >= 0.3 is 0 Å². The number of hydrogen-bond donors (Lipinski definition) is 1. The maximum Gasteiger partial charge on any atom is 0.265 e. The second-order valence-corrected chi connectivity index (χ2v) is 5.39. The Hall–Kier alpha value is -1.55. The van der Waals surface area contributed by atoms with Crippen LogP contribution >= 0.6 is 0 Å². The number of fused-ring (bicyclic) bond motifs is 1. The number of ether oxygens (including phenoxy) is 1. The second kappa shape index (κ2) is 5.61. The Morgan fingerprint density at radius 3 is 2.79 bits per heavy atom. The molecule has 1 amide bonds. The molecule has 0 bridgehead atoms. The lowest BCUT2D eigenvalue weighted by molar-refractivity contribution is -0.121. The molecule has 1 unspecified atom stereocenters. The molecule has 104 valence electrons. The monoisotopic (exact) mass is 262 g/mol. The number of carbonyl (C=O) groups is 1. The highest BCUT2D eigenvalue weighted by atomic mass is 16.5. The standard InChI is InChI=1S/C15H22N2O2/c1-4-17-13-8-11(12(16)7-10(2)3)5-6-14(13)19-9-15(17)18/h5-6,8,10,12H,4,7,9,16H2,1-3H3. The minimum absolute atomic E-state index is 0.000958. The highest BCUT2D eigenvalue weighted by Crippen LogP contribution is 2.34. The summed E-state index contributed by atoms with van der Waals surface area (Å²) in [6.45, 7) is 7.05. The van der Waals surface area contributed by atoms with Gasteiger partial charge in [0.05, 0.1) is 5.69 Å². The van der Waals surface area contributed by atoms with Crippen LogP contribution in [-0.2, 0) is 4.79 Å². The van der Waals surface area contributed by atoms with Crippen molar-refractivity contribution in [3.63, 3.8) is 0 Å². The molecular weight excluding hydrogens is 240 g/mol. The van der Waals surface area contributed by atoms with Gasteiger partial charge in [-0.1, -0.05) is 19.9 Å². The number of rotatable bonds is 4. The third kappa shape index (κ3) is 2.89. The first kappa shape index (κ1) is 13.9. The third-order valence-electron chi connectivity index (χ3n) is 3.40. The predicted molar refractivity (Wildman–Crippen MR) is 76.3 cm³/mol. The van der Waals surface area contributed by atoms with Gasteiger partial charge in [0, 0.05) is 12.6 Å². The lowest BCUT2D eigenvalue weighted by atomic mass is 9.97. The lowest BCUT2D eigenvalue weighted by Gasteiger charge is -2.29. The van der Waals surface area contributed by atoms with Gasteiger partial charge in [-0.2, -0.15) is 0 Å². The molecule has 1 aliphatic heterocycles. The average molecular weight is 262 g/mol. The van der Waals surface area contributed by atoms with Crippen molar-refractivity contribution in [2.24, 2.45) is 11.7 Å². The van der Waals surface area contributed by atoms with Crippen molar-refractivity contribution in [1.29, 1.82) is 0 Å². The highest BCUT2D eigenvalue weighted by molar-refractivity contribution is 5.97. The van der Waals surface area contributed by atoms with E-state index in [1.807, 2.05) is 25.1 Å². The molecule has 19 heavy (non-hydrogen) atoms. The average Bonchev–Trinajstić information content (AvgIpc) is 2.37. The van der Waals surface area contributed by atoms with Crippen molar-refractivity contribution in [1.82, 2.24) is 0 Å². The number of hydrogen-bond acceptors (Lipinski definition) is 3. The van der Waals surface area contributed by atoms with Crippen LogP contribution in [0.5, 0.6) is 5.75 Å². The quantitative estimate of drug-likeness (QED) is 0.907. The molecule has 2 N–H and O–H groups in total. The van der Waals surface area contributed by atoms with Crippen LogP contribution in [0, 0.1) is 5.92 Å². The number of likely N-dealkylation sites (N-methyl/N-ethyl adjacent to an activating group) is 1. The van der Waals surface area contributed by atoms with Crippen LogP contribution in [0.15, 0.2) is 18.2 Å². The van der Waals surface area contributed by atoms with E-state index in [-0.39, 0.29) is 18.6 Å². The Kier molecular flexibility index (Phi) is 4.10. The molecule has 1 aromatic rings. The van der Waals surface area contributed by atoms with E-state index in [1.165, 1.54) is 0 Å². The van der Waals surface area contributed by atoms with Crippen LogP contribution in [0.4, 0.5) is 5.69 Å². The van der Waals surface area contributed by atoms with Crippen molar-refractivity contribution >= 4 is 11.6 Å². The van der Waals surface area contributed by atoms with E-state index < -0.39 is 0 Å². The van der Waals surface area contributed by atoms with E-state index in [9.17, 15) is 4.79 Å². The van der Waals surface area contributed by atoms with Crippen molar-refractivity contribution in [2.75, 3.05) is 18.1 Å². The second-order valence-electron chi connectivity index (χ2n) is 5.39. The first-order valence-electron chi connectivity index (χ1n) is 6.85. The van der Waals surface area contributed by atoms with Crippen LogP contribution in [0.1, 0.15) is 38.8 Å². The third-order valence-corrected chi connectivity index (χ3v) is 3.40. The zero-order chi connectivity index (χ0) is 14.0. The molecule has 1 heterocycles. The molecule has 0 fully saturated rings. The Morgan fingerprint density at radius 1 is 1.42 bits per heavy atom. The highest BCUT2D eigenvalue weighted by Gasteiger charge is 2.25. The molecule has 0 aliphatic carbocycles. The van der Waals surface area contributed by atoms with Crippen LogP contribution in [0.3, 0.4) is 0 Å². The fraction of sp³-hybridized carbons (Fsp3) is 0.533. The van der Waals surface area contributed by atoms with Crippen LogP contribution in [0.2, 0.25) is 0 Å². The Bertz CT molecular complexity index is 471. The fourth-order valence-electron chi connectivity index (χ4n) is 2.44. The molecule has 0 aromatic heterocycles. The van der Waals surface area contributed by atoms with Crippen molar-refractivity contribution in [2.45, 2.75) is 33.2 Å². The topological polar surface area (TPSA) is 55.6 Å². The Labute approximate surface area is 114 Å². The summed E-state index contributed by atoms with van der Waals surface area (Å²) in [5, 5.41) is 0. The summed E-state index contributed by atoms with van der Waals surface area (Å²) < 4.78 is 5.45. The normalized spacial score (nSPS) is 16.3. The molecule has 1 aromatic carbocycles. The van der Waals surface area contributed by atoms with Crippen LogP contribution < -0.4 is 15.4 Å². The largest absolute Gasteiger partial charge is 0.482 e. The maximum absolute atomic E-state index is 11.8. The van der Waals surface area contributed by atoms with Gasteiger partial charge in [0.25, 0.3) is 5.91 Å². The summed E-state index contributed by atoms with van der Waals surface area (Å²) in [6, 6.07) is 5.90. The molecule has 4 nitrogen and oxygen atoms in total. The Balaban J connectivity index is 2.31. The summed E-state index contributed by atoms with van der Waals surface area (Å²) in [4.78, 5) is 13.6. The van der Waals surface area contributed by atoms with E-state index in [2.05, 4.69) is 13.8 Å². The lowest BCUT2D eigenvalue weighted by Crippen LogP contribution is -2.38. The van der Waals surface area contributed by atoms with E-state index in [1.54, 1.807) is 4.90 Å². The minimum Gasteiger partial charge on any atom is -0.482 e. The minimum atomic E-state index is 0.000958. The zero-order valence-corrected chi connectivity index (χ0v) is 11.8. The summed E-state index contributed by atoms with van der Waals surface area (Å²) in [5.41, 5.74) is 8.11. The van der Waals surface area contributed by atoms with Crippen LogP contribution in [-0.4, -0.2) is 19.1 Å². The first-order chi connectivity index (χ1) is 9.02. The number of anilines is 1.